The van der Waals surface area contributed by atoms with Crippen LogP contribution in [0.2, 0.25) is 5.02 Å². The molecule has 3 rings (SSSR count). The molecule has 0 bridgehead atoms. The van der Waals surface area contributed by atoms with E-state index in [1.165, 1.54) is 11.6 Å². The quantitative estimate of drug-likeness (QED) is 0.947. The number of benzene rings is 1. The van der Waals surface area contributed by atoms with Crippen molar-refractivity contribution in [2.45, 2.75) is 19.3 Å². The molecule has 1 aliphatic carbocycles. The van der Waals surface area contributed by atoms with Crippen LogP contribution in [0.25, 0.3) is 11.3 Å². The molecular formula is C15H15ClN2O3. The van der Waals surface area contributed by atoms with Crippen LogP contribution < -0.4 is 4.74 Å². The van der Waals surface area contributed by atoms with Gasteiger partial charge in [0.1, 0.15) is 5.75 Å². The number of hydrogen-bond acceptors (Lipinski definition) is 3. The van der Waals surface area contributed by atoms with Gasteiger partial charge in [-0.05, 0) is 42.5 Å². The van der Waals surface area contributed by atoms with Gasteiger partial charge in [-0.15, -0.1) is 0 Å². The highest BCUT2D eigenvalue weighted by Gasteiger charge is 2.24. The summed E-state index contributed by atoms with van der Waals surface area (Å²) in [6.45, 7) is 0. The molecule has 1 aliphatic rings. The summed E-state index contributed by atoms with van der Waals surface area (Å²) in [6.07, 6.45) is 3.01. The van der Waals surface area contributed by atoms with Gasteiger partial charge in [0, 0.05) is 12.6 Å². The molecule has 0 unspecified atom stereocenters. The molecule has 5 nitrogen and oxygen atoms in total. The number of methoxy groups -OCH3 is 1. The van der Waals surface area contributed by atoms with Crippen molar-refractivity contribution in [3.05, 3.63) is 34.0 Å². The van der Waals surface area contributed by atoms with E-state index in [2.05, 4.69) is 5.10 Å². The minimum absolute atomic E-state index is 0.00572. The number of carboxylic acids is 1. The molecule has 0 spiro atoms. The average molecular weight is 307 g/mol. The van der Waals surface area contributed by atoms with Gasteiger partial charge in [-0.25, -0.2) is 4.79 Å². The molecule has 1 heterocycles. The fourth-order valence-electron chi connectivity index (χ4n) is 2.89. The van der Waals surface area contributed by atoms with Crippen molar-refractivity contribution in [2.75, 3.05) is 7.11 Å². The molecule has 0 saturated heterocycles. The number of rotatable bonds is 3. The second kappa shape index (κ2) is 5.07. The van der Waals surface area contributed by atoms with E-state index in [1.54, 1.807) is 18.8 Å². The number of aromatic nitrogens is 2. The zero-order valence-electron chi connectivity index (χ0n) is 11.8. The van der Waals surface area contributed by atoms with Crippen LogP contribution in [0.15, 0.2) is 12.1 Å². The van der Waals surface area contributed by atoms with Crippen molar-refractivity contribution in [3.63, 3.8) is 0 Å². The van der Waals surface area contributed by atoms with Gasteiger partial charge in [0.25, 0.3) is 0 Å². The molecule has 1 aromatic heterocycles. The maximum Gasteiger partial charge on any atom is 0.356 e. The van der Waals surface area contributed by atoms with E-state index in [0.717, 1.165) is 30.4 Å². The first-order chi connectivity index (χ1) is 10.0. The first-order valence-corrected chi connectivity index (χ1v) is 7.06. The third-order valence-corrected chi connectivity index (χ3v) is 4.27. The monoisotopic (exact) mass is 306 g/mol. The van der Waals surface area contributed by atoms with Crippen molar-refractivity contribution in [1.29, 1.82) is 0 Å². The highest BCUT2D eigenvalue weighted by Crippen LogP contribution is 2.43. The molecular weight excluding hydrogens is 292 g/mol. The molecule has 1 aromatic carbocycles. The van der Waals surface area contributed by atoms with Gasteiger partial charge in [-0.3, -0.25) is 4.68 Å². The SMILES string of the molecule is COc1c(-c2cc(C(=O)O)nn2C)cc2c(c1Cl)CCC2. The van der Waals surface area contributed by atoms with Crippen LogP contribution in [-0.2, 0) is 19.9 Å². The number of ether oxygens (including phenoxy) is 1. The fourth-order valence-corrected chi connectivity index (χ4v) is 3.28. The second-order valence-electron chi connectivity index (χ2n) is 5.11. The number of halogens is 1. The lowest BCUT2D eigenvalue weighted by molar-refractivity contribution is 0.0689. The Balaban J connectivity index is 2.23. The number of nitrogens with zero attached hydrogens (tertiary/aromatic N) is 2. The van der Waals surface area contributed by atoms with E-state index in [1.807, 2.05) is 6.07 Å². The third kappa shape index (κ3) is 2.17. The Labute approximate surface area is 127 Å². The number of aromatic carboxylic acids is 1. The highest BCUT2D eigenvalue weighted by molar-refractivity contribution is 6.33. The van der Waals surface area contributed by atoms with E-state index in [0.29, 0.717) is 16.5 Å². The van der Waals surface area contributed by atoms with Crippen LogP contribution in [0, 0.1) is 0 Å². The van der Waals surface area contributed by atoms with Crippen LogP contribution in [0.4, 0.5) is 0 Å². The van der Waals surface area contributed by atoms with E-state index in [9.17, 15) is 4.79 Å². The summed E-state index contributed by atoms with van der Waals surface area (Å²) >= 11 is 6.46. The van der Waals surface area contributed by atoms with Gasteiger partial charge in [0.2, 0.25) is 0 Å². The topological polar surface area (TPSA) is 64.3 Å². The Morgan fingerprint density at radius 1 is 1.43 bits per heavy atom. The van der Waals surface area contributed by atoms with Crippen molar-refractivity contribution >= 4 is 17.6 Å². The van der Waals surface area contributed by atoms with Crippen molar-refractivity contribution in [3.8, 4) is 17.0 Å². The molecule has 0 atom stereocenters. The molecule has 0 saturated carbocycles. The summed E-state index contributed by atoms with van der Waals surface area (Å²) in [6, 6.07) is 3.58. The zero-order valence-corrected chi connectivity index (χ0v) is 12.6. The Bertz CT molecular complexity index is 737. The Morgan fingerprint density at radius 2 is 2.19 bits per heavy atom. The second-order valence-corrected chi connectivity index (χ2v) is 5.48. The van der Waals surface area contributed by atoms with Gasteiger partial charge in [-0.2, -0.15) is 5.10 Å². The van der Waals surface area contributed by atoms with Crippen LogP contribution in [0.5, 0.6) is 5.75 Å². The summed E-state index contributed by atoms with van der Waals surface area (Å²) in [5.74, 6) is -0.472. The predicted octanol–water partition coefficient (Wildman–Crippen LogP) is 2.94. The predicted molar refractivity (Wildman–Crippen MR) is 79.2 cm³/mol. The van der Waals surface area contributed by atoms with E-state index in [-0.39, 0.29) is 5.69 Å². The van der Waals surface area contributed by atoms with Crippen molar-refractivity contribution < 1.29 is 14.6 Å². The number of hydrogen-bond donors (Lipinski definition) is 1. The summed E-state index contributed by atoms with van der Waals surface area (Å²) < 4.78 is 7.00. The van der Waals surface area contributed by atoms with Crippen molar-refractivity contribution in [1.82, 2.24) is 9.78 Å². The summed E-state index contributed by atoms with van der Waals surface area (Å²) in [5, 5.41) is 13.7. The first kappa shape index (κ1) is 13.9. The zero-order chi connectivity index (χ0) is 15.1. The lowest BCUT2D eigenvalue weighted by Gasteiger charge is -2.14. The molecule has 110 valence electrons. The third-order valence-electron chi connectivity index (χ3n) is 3.87. The number of carboxylic acid groups (broad SMARTS) is 1. The highest BCUT2D eigenvalue weighted by atomic mass is 35.5. The smallest absolute Gasteiger partial charge is 0.356 e. The normalized spacial score (nSPS) is 13.3. The molecule has 0 aliphatic heterocycles. The lowest BCUT2D eigenvalue weighted by atomic mass is 10.0. The molecule has 0 amide bonds. The van der Waals surface area contributed by atoms with Crippen LogP contribution in [0.1, 0.15) is 28.0 Å². The Kier molecular flexibility index (Phi) is 3.37. The maximum absolute atomic E-state index is 11.1. The number of fused-ring (bicyclic) bond motifs is 1. The van der Waals surface area contributed by atoms with Gasteiger partial charge in [-0.1, -0.05) is 11.6 Å². The van der Waals surface area contributed by atoms with Crippen LogP contribution >= 0.6 is 11.6 Å². The standard InChI is InChI=1S/C15H15ClN2O3/c1-18-12(7-11(17-18)15(19)20)10-6-8-4-3-5-9(8)13(16)14(10)21-2/h6-7H,3-5H2,1-2H3,(H,19,20). The van der Waals surface area contributed by atoms with Gasteiger partial charge < -0.3 is 9.84 Å². The van der Waals surface area contributed by atoms with Crippen LogP contribution in [-0.4, -0.2) is 28.0 Å². The molecule has 1 N–H and O–H groups in total. The van der Waals surface area contributed by atoms with Crippen molar-refractivity contribution in [2.24, 2.45) is 7.05 Å². The van der Waals surface area contributed by atoms with Crippen LogP contribution in [0.3, 0.4) is 0 Å². The summed E-state index contributed by atoms with van der Waals surface area (Å²) in [4.78, 5) is 11.1. The van der Waals surface area contributed by atoms with E-state index >= 15 is 0 Å². The fraction of sp³-hybridized carbons (Fsp3) is 0.333. The molecule has 2 aromatic rings. The minimum Gasteiger partial charge on any atom is -0.494 e. The average Bonchev–Trinajstić information content (AvgIpc) is 3.05. The maximum atomic E-state index is 11.1. The van der Waals surface area contributed by atoms with E-state index in [4.69, 9.17) is 21.4 Å². The Hall–Kier alpha value is -2.01. The van der Waals surface area contributed by atoms with Gasteiger partial charge in [0.15, 0.2) is 5.69 Å². The number of aryl methyl sites for hydroxylation is 2. The van der Waals surface area contributed by atoms with Gasteiger partial charge >= 0.3 is 5.97 Å². The first-order valence-electron chi connectivity index (χ1n) is 6.69. The van der Waals surface area contributed by atoms with E-state index < -0.39 is 5.97 Å². The molecule has 0 fully saturated rings. The molecule has 0 radical (unpaired) electrons. The Morgan fingerprint density at radius 3 is 2.81 bits per heavy atom. The summed E-state index contributed by atoms with van der Waals surface area (Å²) in [5.41, 5.74) is 3.81. The largest absolute Gasteiger partial charge is 0.494 e. The number of carbonyl (C=O) groups is 1. The minimum atomic E-state index is -1.05. The molecule has 6 heteroatoms. The van der Waals surface area contributed by atoms with Gasteiger partial charge in [0.05, 0.1) is 17.8 Å². The lowest BCUT2D eigenvalue weighted by Crippen LogP contribution is -2.00. The molecule has 21 heavy (non-hydrogen) atoms. The summed E-state index contributed by atoms with van der Waals surface area (Å²) in [7, 11) is 3.28.